The van der Waals surface area contributed by atoms with Crippen LogP contribution in [-0.4, -0.2) is 0 Å². The predicted molar refractivity (Wildman–Crippen MR) is 90.9 cm³/mol. The molecule has 0 saturated heterocycles. The fourth-order valence-corrected chi connectivity index (χ4v) is 2.01. The molecule has 0 aliphatic rings. The summed E-state index contributed by atoms with van der Waals surface area (Å²) >= 11 is 0. The summed E-state index contributed by atoms with van der Waals surface area (Å²) in [5.74, 6) is 0.388. The zero-order chi connectivity index (χ0) is 15.0. The second kappa shape index (κ2) is 8.37. The van der Waals surface area contributed by atoms with E-state index in [1.54, 1.807) is 0 Å². The lowest BCUT2D eigenvalue weighted by molar-refractivity contribution is 0.826. The molecule has 0 radical (unpaired) electrons. The molecule has 0 aliphatic heterocycles. The van der Waals surface area contributed by atoms with Crippen LogP contribution in [0.5, 0.6) is 0 Å². The average Bonchev–Trinajstić information content (AvgIpc) is 2.45. The van der Waals surface area contributed by atoms with Gasteiger partial charge in [0.05, 0.1) is 0 Å². The second-order valence-corrected chi connectivity index (χ2v) is 5.27. The van der Waals surface area contributed by atoms with E-state index >= 15 is 0 Å². The van der Waals surface area contributed by atoms with Gasteiger partial charge >= 0.3 is 0 Å². The van der Waals surface area contributed by atoms with Gasteiger partial charge in [-0.2, -0.15) is 0 Å². The summed E-state index contributed by atoms with van der Waals surface area (Å²) in [6, 6.07) is 8.52. The van der Waals surface area contributed by atoms with Gasteiger partial charge in [-0.25, -0.2) is 0 Å². The van der Waals surface area contributed by atoms with E-state index in [0.717, 1.165) is 12.0 Å². The summed E-state index contributed by atoms with van der Waals surface area (Å²) < 4.78 is 0. The van der Waals surface area contributed by atoms with Crippen LogP contribution in [0.4, 0.5) is 0 Å². The van der Waals surface area contributed by atoms with E-state index in [4.69, 9.17) is 0 Å². The Morgan fingerprint density at radius 3 is 2.65 bits per heavy atom. The van der Waals surface area contributed by atoms with Crippen molar-refractivity contribution in [2.45, 2.75) is 34.1 Å². The molecule has 106 valence electrons. The molecule has 1 atom stereocenters. The van der Waals surface area contributed by atoms with Crippen molar-refractivity contribution in [1.29, 1.82) is 0 Å². The minimum atomic E-state index is 0.388. The van der Waals surface area contributed by atoms with Gasteiger partial charge in [-0.1, -0.05) is 73.7 Å². The lowest BCUT2D eigenvalue weighted by atomic mass is 9.93. The van der Waals surface area contributed by atoms with E-state index in [1.165, 1.54) is 16.7 Å². The second-order valence-electron chi connectivity index (χ2n) is 5.27. The van der Waals surface area contributed by atoms with Crippen molar-refractivity contribution in [3.05, 3.63) is 83.5 Å². The third kappa shape index (κ3) is 5.05. The molecular weight excluding hydrogens is 240 g/mol. The summed E-state index contributed by atoms with van der Waals surface area (Å²) in [5.41, 5.74) is 5.23. The van der Waals surface area contributed by atoms with Gasteiger partial charge in [0.15, 0.2) is 0 Å². The molecule has 1 aromatic carbocycles. The summed E-state index contributed by atoms with van der Waals surface area (Å²) in [6.07, 6.45) is 11.6. The maximum absolute atomic E-state index is 4.19. The van der Waals surface area contributed by atoms with Gasteiger partial charge in [0.1, 0.15) is 0 Å². The molecule has 1 aromatic rings. The van der Waals surface area contributed by atoms with Crippen LogP contribution in [0.15, 0.2) is 72.4 Å². The Morgan fingerprint density at radius 2 is 2.00 bits per heavy atom. The predicted octanol–water partition coefficient (Wildman–Crippen LogP) is 5.81. The average molecular weight is 266 g/mol. The van der Waals surface area contributed by atoms with Crippen molar-refractivity contribution in [2.24, 2.45) is 5.92 Å². The smallest absolute Gasteiger partial charge is 0.00141 e. The van der Waals surface area contributed by atoms with Crippen LogP contribution in [0.3, 0.4) is 0 Å². The Labute approximate surface area is 124 Å². The highest BCUT2D eigenvalue weighted by Crippen LogP contribution is 2.19. The maximum atomic E-state index is 4.19. The van der Waals surface area contributed by atoms with Crippen LogP contribution >= 0.6 is 0 Å². The molecule has 0 amide bonds. The maximum Gasteiger partial charge on any atom is 0.00141 e. The van der Waals surface area contributed by atoms with Crippen molar-refractivity contribution in [3.8, 4) is 0 Å². The molecule has 1 unspecified atom stereocenters. The Kier molecular flexibility index (Phi) is 6.79. The highest BCUT2D eigenvalue weighted by Gasteiger charge is 2.05. The fraction of sp³-hybridized carbons (Fsp3) is 0.300. The molecule has 0 bridgehead atoms. The molecule has 0 aliphatic carbocycles. The van der Waals surface area contributed by atoms with E-state index < -0.39 is 0 Å². The largest absolute Gasteiger partial charge is 0.0952 e. The summed E-state index contributed by atoms with van der Waals surface area (Å²) in [6.45, 7) is 12.7. The van der Waals surface area contributed by atoms with Crippen LogP contribution in [-0.2, 0) is 6.42 Å². The standard InChI is InChI=1S/C20H26/c1-6-7-11-16(2)19(5)17(3)13-10-15-20-14-9-8-12-18(20)4/h6-14,19H,3,15H2,1-2,4-5H3/b7-6-,13-10-,16-11-. The van der Waals surface area contributed by atoms with Gasteiger partial charge in [-0.15, -0.1) is 0 Å². The van der Waals surface area contributed by atoms with Gasteiger partial charge in [0, 0.05) is 5.92 Å². The molecule has 0 saturated carbocycles. The lowest BCUT2D eigenvalue weighted by Crippen LogP contribution is -1.98. The van der Waals surface area contributed by atoms with E-state index in [0.29, 0.717) is 5.92 Å². The lowest BCUT2D eigenvalue weighted by Gasteiger charge is -2.12. The van der Waals surface area contributed by atoms with E-state index in [-0.39, 0.29) is 0 Å². The quantitative estimate of drug-likeness (QED) is 0.570. The first-order valence-corrected chi connectivity index (χ1v) is 7.25. The summed E-state index contributed by atoms with van der Waals surface area (Å²) in [5, 5.41) is 0. The van der Waals surface area contributed by atoms with Crippen molar-refractivity contribution in [2.75, 3.05) is 0 Å². The summed E-state index contributed by atoms with van der Waals surface area (Å²) in [4.78, 5) is 0. The fourth-order valence-electron chi connectivity index (χ4n) is 2.01. The Hall–Kier alpha value is -1.82. The number of aryl methyl sites for hydroxylation is 1. The van der Waals surface area contributed by atoms with Gasteiger partial charge in [-0.3, -0.25) is 0 Å². The van der Waals surface area contributed by atoms with E-state index in [1.807, 2.05) is 13.0 Å². The number of rotatable bonds is 6. The van der Waals surface area contributed by atoms with E-state index in [2.05, 4.69) is 75.9 Å². The van der Waals surface area contributed by atoms with Crippen molar-refractivity contribution in [1.82, 2.24) is 0 Å². The van der Waals surface area contributed by atoms with Crippen LogP contribution in [0.1, 0.15) is 31.9 Å². The molecule has 0 fully saturated rings. The molecule has 1 rings (SSSR count). The molecule has 0 heteroatoms. The third-order valence-corrected chi connectivity index (χ3v) is 3.72. The molecule has 0 spiro atoms. The Bertz CT molecular complexity index is 527. The zero-order valence-corrected chi connectivity index (χ0v) is 13.2. The minimum Gasteiger partial charge on any atom is -0.0952 e. The van der Waals surface area contributed by atoms with Crippen LogP contribution in [0.2, 0.25) is 0 Å². The Balaban J connectivity index is 2.62. The zero-order valence-electron chi connectivity index (χ0n) is 13.2. The molecular formula is C20H26. The molecule has 0 aromatic heterocycles. The van der Waals surface area contributed by atoms with E-state index in [9.17, 15) is 0 Å². The normalized spacial score (nSPS) is 14.1. The van der Waals surface area contributed by atoms with Crippen molar-refractivity contribution < 1.29 is 0 Å². The SMILES string of the molecule is C=C(/C=C\Cc1ccccc1C)C(C)/C(C)=C\C=C/C. The highest BCUT2D eigenvalue weighted by atomic mass is 14.1. The van der Waals surface area contributed by atoms with Gasteiger partial charge in [0.2, 0.25) is 0 Å². The molecule has 20 heavy (non-hydrogen) atoms. The van der Waals surface area contributed by atoms with Gasteiger partial charge < -0.3 is 0 Å². The summed E-state index contributed by atoms with van der Waals surface area (Å²) in [7, 11) is 0. The number of hydrogen-bond donors (Lipinski definition) is 0. The van der Waals surface area contributed by atoms with Crippen molar-refractivity contribution >= 4 is 0 Å². The first-order chi connectivity index (χ1) is 9.56. The number of benzene rings is 1. The minimum absolute atomic E-state index is 0.388. The third-order valence-electron chi connectivity index (χ3n) is 3.72. The first kappa shape index (κ1) is 16.2. The van der Waals surface area contributed by atoms with Gasteiger partial charge in [-0.05, 0) is 43.9 Å². The monoisotopic (exact) mass is 266 g/mol. The number of hydrogen-bond acceptors (Lipinski definition) is 0. The topological polar surface area (TPSA) is 0 Å². The van der Waals surface area contributed by atoms with Crippen LogP contribution in [0.25, 0.3) is 0 Å². The van der Waals surface area contributed by atoms with Crippen molar-refractivity contribution in [3.63, 3.8) is 0 Å². The molecule has 0 N–H and O–H groups in total. The van der Waals surface area contributed by atoms with Gasteiger partial charge in [0.25, 0.3) is 0 Å². The highest BCUT2D eigenvalue weighted by molar-refractivity contribution is 5.31. The van der Waals surface area contributed by atoms with Crippen LogP contribution in [0, 0.1) is 12.8 Å². The molecule has 0 nitrogen and oxygen atoms in total. The number of allylic oxidation sites excluding steroid dienone is 7. The van der Waals surface area contributed by atoms with Crippen LogP contribution < -0.4 is 0 Å². The molecule has 0 heterocycles. The Morgan fingerprint density at radius 1 is 1.30 bits per heavy atom. The first-order valence-electron chi connectivity index (χ1n) is 7.25.